The van der Waals surface area contributed by atoms with Gasteiger partial charge in [0.2, 0.25) is 0 Å². The number of rotatable bonds is 3. The third-order valence-electron chi connectivity index (χ3n) is 2.30. The number of pyridine rings is 2. The highest BCUT2D eigenvalue weighted by Crippen LogP contribution is 2.34. The first-order chi connectivity index (χ1) is 8.76. The standard InChI is InChI=1S/C12H11N3O3/c1-18-10-6-8(7-14-17)15-11(12(10)16)9-4-2-3-5-13-9/h2-7,16-17H,1H3. The van der Waals surface area contributed by atoms with Crippen molar-refractivity contribution < 1.29 is 15.1 Å². The van der Waals surface area contributed by atoms with Gasteiger partial charge in [-0.2, -0.15) is 0 Å². The highest BCUT2D eigenvalue weighted by atomic mass is 16.5. The number of aromatic nitrogens is 2. The SMILES string of the molecule is COc1cc(C=NO)nc(-c2ccccn2)c1O. The smallest absolute Gasteiger partial charge is 0.186 e. The molecule has 0 aliphatic heterocycles. The fraction of sp³-hybridized carbons (Fsp3) is 0.0833. The topological polar surface area (TPSA) is 87.8 Å². The van der Waals surface area contributed by atoms with Gasteiger partial charge in [-0.3, -0.25) is 4.98 Å². The molecule has 0 bridgehead atoms. The fourth-order valence-corrected chi connectivity index (χ4v) is 1.50. The summed E-state index contributed by atoms with van der Waals surface area (Å²) in [4.78, 5) is 8.24. The number of nitrogens with zero attached hydrogens (tertiary/aromatic N) is 3. The van der Waals surface area contributed by atoms with Gasteiger partial charge in [0.15, 0.2) is 11.5 Å². The third kappa shape index (κ3) is 2.22. The molecule has 0 amide bonds. The molecule has 6 nitrogen and oxygen atoms in total. The molecule has 2 heterocycles. The second-order valence-electron chi connectivity index (χ2n) is 3.41. The van der Waals surface area contributed by atoms with Gasteiger partial charge in [-0.15, -0.1) is 0 Å². The van der Waals surface area contributed by atoms with Gasteiger partial charge < -0.3 is 15.1 Å². The van der Waals surface area contributed by atoms with Crippen LogP contribution in [0.15, 0.2) is 35.6 Å². The van der Waals surface area contributed by atoms with Crippen molar-refractivity contribution in [3.05, 3.63) is 36.2 Å². The average Bonchev–Trinajstić information content (AvgIpc) is 2.42. The van der Waals surface area contributed by atoms with Gasteiger partial charge in [0, 0.05) is 12.3 Å². The van der Waals surface area contributed by atoms with Crippen molar-refractivity contribution in [3.63, 3.8) is 0 Å². The largest absolute Gasteiger partial charge is 0.503 e. The molecule has 0 aliphatic carbocycles. The quantitative estimate of drug-likeness (QED) is 0.488. The lowest BCUT2D eigenvalue weighted by molar-refractivity contribution is 0.321. The molecule has 0 unspecified atom stereocenters. The van der Waals surface area contributed by atoms with E-state index in [0.29, 0.717) is 11.4 Å². The summed E-state index contributed by atoms with van der Waals surface area (Å²) < 4.78 is 5.03. The van der Waals surface area contributed by atoms with Crippen LogP contribution in [0.4, 0.5) is 0 Å². The fourth-order valence-electron chi connectivity index (χ4n) is 1.50. The Morgan fingerprint density at radius 1 is 1.39 bits per heavy atom. The Balaban J connectivity index is 2.62. The minimum Gasteiger partial charge on any atom is -0.503 e. The second kappa shape index (κ2) is 5.13. The van der Waals surface area contributed by atoms with Gasteiger partial charge in [0.05, 0.1) is 24.7 Å². The maximum Gasteiger partial charge on any atom is 0.186 e. The number of oxime groups is 1. The van der Waals surface area contributed by atoms with Crippen LogP contribution in [0.5, 0.6) is 11.5 Å². The van der Waals surface area contributed by atoms with Crippen LogP contribution in [0.25, 0.3) is 11.4 Å². The van der Waals surface area contributed by atoms with Crippen molar-refractivity contribution in [1.82, 2.24) is 9.97 Å². The van der Waals surface area contributed by atoms with Gasteiger partial charge in [0.1, 0.15) is 5.69 Å². The zero-order chi connectivity index (χ0) is 13.0. The molecular formula is C12H11N3O3. The third-order valence-corrected chi connectivity index (χ3v) is 2.30. The van der Waals surface area contributed by atoms with Crippen molar-refractivity contribution in [3.8, 4) is 22.9 Å². The zero-order valence-electron chi connectivity index (χ0n) is 9.61. The Labute approximate surface area is 103 Å². The summed E-state index contributed by atoms with van der Waals surface area (Å²) in [5.41, 5.74) is 1.12. The molecule has 0 saturated heterocycles. The highest BCUT2D eigenvalue weighted by Gasteiger charge is 2.14. The van der Waals surface area contributed by atoms with Crippen LogP contribution in [0.2, 0.25) is 0 Å². The summed E-state index contributed by atoms with van der Waals surface area (Å²) in [7, 11) is 1.43. The lowest BCUT2D eigenvalue weighted by Gasteiger charge is -2.08. The molecule has 18 heavy (non-hydrogen) atoms. The lowest BCUT2D eigenvalue weighted by atomic mass is 10.2. The molecule has 0 fully saturated rings. The van der Waals surface area contributed by atoms with E-state index in [-0.39, 0.29) is 17.2 Å². The molecular weight excluding hydrogens is 234 g/mol. The van der Waals surface area contributed by atoms with Crippen LogP contribution in [0.3, 0.4) is 0 Å². The van der Waals surface area contributed by atoms with Crippen LogP contribution in [0.1, 0.15) is 5.69 Å². The number of methoxy groups -OCH3 is 1. The molecule has 0 radical (unpaired) electrons. The molecule has 0 aromatic carbocycles. The van der Waals surface area contributed by atoms with E-state index in [1.54, 1.807) is 24.4 Å². The van der Waals surface area contributed by atoms with Gasteiger partial charge in [-0.05, 0) is 12.1 Å². The normalized spacial score (nSPS) is 10.7. The predicted octanol–water partition coefficient (Wildman–Crippen LogP) is 1.67. The van der Waals surface area contributed by atoms with Crippen LogP contribution in [-0.4, -0.2) is 33.6 Å². The Morgan fingerprint density at radius 3 is 2.83 bits per heavy atom. The Bertz CT molecular complexity index is 570. The summed E-state index contributed by atoms with van der Waals surface area (Å²) in [5.74, 6) is 0.131. The van der Waals surface area contributed by atoms with Crippen molar-refractivity contribution in [2.24, 2.45) is 5.16 Å². The van der Waals surface area contributed by atoms with Gasteiger partial charge >= 0.3 is 0 Å². The first-order valence-electron chi connectivity index (χ1n) is 5.13. The highest BCUT2D eigenvalue weighted by molar-refractivity contribution is 5.80. The van der Waals surface area contributed by atoms with Gasteiger partial charge in [-0.25, -0.2) is 4.98 Å². The molecule has 0 spiro atoms. The van der Waals surface area contributed by atoms with E-state index in [9.17, 15) is 5.11 Å². The average molecular weight is 245 g/mol. The molecule has 2 aromatic heterocycles. The van der Waals surface area contributed by atoms with E-state index in [0.717, 1.165) is 6.21 Å². The summed E-state index contributed by atoms with van der Waals surface area (Å²) in [6.45, 7) is 0. The first-order valence-corrected chi connectivity index (χ1v) is 5.13. The monoisotopic (exact) mass is 245 g/mol. The summed E-state index contributed by atoms with van der Waals surface area (Å²) in [6.07, 6.45) is 2.74. The van der Waals surface area contributed by atoms with E-state index in [1.165, 1.54) is 13.2 Å². The Morgan fingerprint density at radius 2 is 2.22 bits per heavy atom. The van der Waals surface area contributed by atoms with Crippen molar-refractivity contribution >= 4 is 6.21 Å². The number of hydrogen-bond acceptors (Lipinski definition) is 6. The molecule has 92 valence electrons. The minimum atomic E-state index is -0.105. The minimum absolute atomic E-state index is 0.105. The van der Waals surface area contributed by atoms with E-state index in [2.05, 4.69) is 15.1 Å². The van der Waals surface area contributed by atoms with E-state index >= 15 is 0 Å². The summed E-state index contributed by atoms with van der Waals surface area (Å²) >= 11 is 0. The molecule has 2 aromatic rings. The van der Waals surface area contributed by atoms with Crippen molar-refractivity contribution in [1.29, 1.82) is 0 Å². The lowest BCUT2D eigenvalue weighted by Crippen LogP contribution is -1.96. The van der Waals surface area contributed by atoms with E-state index in [4.69, 9.17) is 9.94 Å². The zero-order valence-corrected chi connectivity index (χ0v) is 9.61. The number of aromatic hydroxyl groups is 1. The van der Waals surface area contributed by atoms with Crippen molar-refractivity contribution in [2.75, 3.05) is 7.11 Å². The number of hydrogen-bond donors (Lipinski definition) is 2. The van der Waals surface area contributed by atoms with Crippen LogP contribution in [0, 0.1) is 0 Å². The van der Waals surface area contributed by atoms with Crippen molar-refractivity contribution in [2.45, 2.75) is 0 Å². The van der Waals surface area contributed by atoms with Crippen LogP contribution in [-0.2, 0) is 0 Å². The second-order valence-corrected chi connectivity index (χ2v) is 3.41. The molecule has 0 aliphatic rings. The molecule has 0 atom stereocenters. The van der Waals surface area contributed by atoms with Gasteiger partial charge in [0.25, 0.3) is 0 Å². The molecule has 2 N–H and O–H groups in total. The van der Waals surface area contributed by atoms with E-state index < -0.39 is 0 Å². The number of ether oxygens (including phenoxy) is 1. The predicted molar refractivity (Wildman–Crippen MR) is 65.1 cm³/mol. The van der Waals surface area contributed by atoms with E-state index in [1.807, 2.05) is 0 Å². The van der Waals surface area contributed by atoms with Crippen LogP contribution < -0.4 is 4.74 Å². The molecule has 6 heteroatoms. The molecule has 0 saturated carbocycles. The maximum atomic E-state index is 10.0. The Hall–Kier alpha value is -2.63. The van der Waals surface area contributed by atoms with Crippen LogP contribution >= 0.6 is 0 Å². The van der Waals surface area contributed by atoms with Gasteiger partial charge in [-0.1, -0.05) is 11.2 Å². The first kappa shape index (κ1) is 11.8. The maximum absolute atomic E-state index is 10.0. The summed E-state index contributed by atoms with van der Waals surface area (Å²) in [6, 6.07) is 6.71. The summed E-state index contributed by atoms with van der Waals surface area (Å²) in [5, 5.41) is 21.4. The molecule has 2 rings (SSSR count). The Kier molecular flexibility index (Phi) is 3.38.